The number of thiophene rings is 1. The van der Waals surface area contributed by atoms with Crippen LogP contribution in [0.4, 0.5) is 4.39 Å². The summed E-state index contributed by atoms with van der Waals surface area (Å²) in [5.74, 6) is 0.798. The van der Waals surface area contributed by atoms with Gasteiger partial charge in [0.05, 0.1) is 9.90 Å². The predicted molar refractivity (Wildman–Crippen MR) is 97.6 cm³/mol. The van der Waals surface area contributed by atoms with Crippen LogP contribution in [0.2, 0.25) is 5.02 Å². The molecule has 0 unspecified atom stereocenters. The molecule has 3 saturated heterocycles. The fourth-order valence-corrected chi connectivity index (χ4v) is 5.84. The molecular weight excluding hydrogens is 345 g/mol. The lowest BCUT2D eigenvalue weighted by Crippen LogP contribution is -2.61. The Balaban J connectivity index is 1.60. The van der Waals surface area contributed by atoms with Gasteiger partial charge < -0.3 is 0 Å². The summed E-state index contributed by atoms with van der Waals surface area (Å²) in [5.41, 5.74) is 0.0862. The molecule has 0 amide bonds. The lowest BCUT2D eigenvalue weighted by Gasteiger charge is -2.56. The third-order valence-electron chi connectivity index (χ3n) is 6.07. The molecule has 24 heavy (non-hydrogen) atoms. The first kappa shape index (κ1) is 16.5. The normalized spacial score (nSPS) is 28.4. The molecule has 5 heteroatoms. The molecule has 1 aromatic heterocycles. The molecule has 0 N–H and O–H groups in total. The highest BCUT2D eigenvalue weighted by Gasteiger charge is 2.47. The maximum atomic E-state index is 13.6. The van der Waals surface area contributed by atoms with Gasteiger partial charge in [0, 0.05) is 16.7 Å². The van der Waals surface area contributed by atoms with Crippen molar-refractivity contribution in [2.24, 2.45) is 11.8 Å². The van der Waals surface area contributed by atoms with E-state index in [1.807, 2.05) is 6.07 Å². The molecular formula is C19H21ClFNOS. The number of hydrogen-bond donors (Lipinski definition) is 0. The van der Waals surface area contributed by atoms with Crippen LogP contribution in [0, 0.1) is 17.7 Å². The van der Waals surface area contributed by atoms with Crippen molar-refractivity contribution in [3.05, 3.63) is 33.9 Å². The van der Waals surface area contributed by atoms with E-state index in [4.69, 9.17) is 11.6 Å². The molecule has 1 atom stereocenters. The Morgan fingerprint density at radius 1 is 1.33 bits per heavy atom. The van der Waals surface area contributed by atoms with E-state index < -0.39 is 5.82 Å². The van der Waals surface area contributed by atoms with Crippen molar-refractivity contribution in [2.45, 2.75) is 38.6 Å². The van der Waals surface area contributed by atoms with Crippen molar-refractivity contribution in [1.29, 1.82) is 0 Å². The smallest absolute Gasteiger partial charge is 0.173 e. The fraction of sp³-hybridized carbons (Fsp3) is 0.526. The monoisotopic (exact) mass is 365 g/mol. The van der Waals surface area contributed by atoms with Crippen LogP contribution in [0.15, 0.2) is 18.2 Å². The van der Waals surface area contributed by atoms with E-state index in [0.717, 1.165) is 28.1 Å². The molecule has 3 fully saturated rings. The Kier molecular flexibility index (Phi) is 3.98. The Hall–Kier alpha value is -0.970. The SMILES string of the molecule is CC1(C)[C@H](CC(=O)c2cc3cc(F)c(Cl)cc3s2)C2CCN1CC2. The van der Waals surface area contributed by atoms with Crippen molar-refractivity contribution in [3.8, 4) is 0 Å². The van der Waals surface area contributed by atoms with E-state index in [9.17, 15) is 9.18 Å². The van der Waals surface area contributed by atoms with Crippen molar-refractivity contribution in [3.63, 3.8) is 0 Å². The number of carbonyl (C=O) groups is 1. The zero-order valence-electron chi connectivity index (χ0n) is 13.9. The summed E-state index contributed by atoms with van der Waals surface area (Å²) in [4.78, 5) is 16.1. The van der Waals surface area contributed by atoms with E-state index in [1.165, 1.54) is 30.2 Å². The second kappa shape index (κ2) is 5.79. The molecule has 3 aliphatic heterocycles. The van der Waals surface area contributed by atoms with Crippen molar-refractivity contribution in [2.75, 3.05) is 13.1 Å². The molecule has 128 valence electrons. The number of rotatable bonds is 3. The van der Waals surface area contributed by atoms with Crippen molar-refractivity contribution >= 4 is 38.8 Å². The first-order chi connectivity index (χ1) is 11.4. The number of benzene rings is 1. The van der Waals surface area contributed by atoms with E-state index in [-0.39, 0.29) is 16.3 Å². The fourth-order valence-electron chi connectivity index (χ4n) is 4.58. The van der Waals surface area contributed by atoms with Gasteiger partial charge in [0.2, 0.25) is 0 Å². The predicted octanol–water partition coefficient (Wildman–Crippen LogP) is 5.39. The highest BCUT2D eigenvalue weighted by molar-refractivity contribution is 7.20. The van der Waals surface area contributed by atoms with Gasteiger partial charge in [-0.2, -0.15) is 0 Å². The van der Waals surface area contributed by atoms with Gasteiger partial charge in [-0.25, -0.2) is 4.39 Å². The van der Waals surface area contributed by atoms with Gasteiger partial charge in [0.25, 0.3) is 0 Å². The Labute approximate surface area is 150 Å². The van der Waals surface area contributed by atoms with Crippen molar-refractivity contribution < 1.29 is 9.18 Å². The number of carbonyl (C=O) groups excluding carboxylic acids is 1. The Morgan fingerprint density at radius 2 is 2.04 bits per heavy atom. The average molecular weight is 366 g/mol. The molecule has 2 bridgehead atoms. The maximum absolute atomic E-state index is 13.6. The quantitative estimate of drug-likeness (QED) is 0.680. The summed E-state index contributed by atoms with van der Waals surface area (Å²) < 4.78 is 14.5. The minimum absolute atomic E-state index is 0.0862. The first-order valence-corrected chi connectivity index (χ1v) is 9.72. The molecule has 1 aromatic carbocycles. The summed E-state index contributed by atoms with van der Waals surface area (Å²) in [6.07, 6.45) is 2.99. The molecule has 2 aromatic rings. The van der Waals surface area contributed by atoms with Crippen LogP contribution in [0.1, 0.15) is 42.8 Å². The van der Waals surface area contributed by atoms with Crippen LogP contribution >= 0.6 is 22.9 Å². The second-order valence-corrected chi connectivity index (χ2v) is 9.12. The molecule has 0 spiro atoms. The first-order valence-electron chi connectivity index (χ1n) is 8.53. The van der Waals surface area contributed by atoms with Gasteiger partial charge in [-0.05, 0) is 75.2 Å². The third-order valence-corrected chi connectivity index (χ3v) is 7.50. The van der Waals surface area contributed by atoms with Gasteiger partial charge in [-0.15, -0.1) is 11.3 Å². The van der Waals surface area contributed by atoms with Crippen molar-refractivity contribution in [1.82, 2.24) is 4.90 Å². The van der Waals surface area contributed by atoms with Gasteiger partial charge in [-0.1, -0.05) is 11.6 Å². The summed E-state index contributed by atoms with van der Waals surface area (Å²) in [7, 11) is 0. The number of hydrogen-bond acceptors (Lipinski definition) is 3. The van der Waals surface area contributed by atoms with Crippen LogP contribution in [0.5, 0.6) is 0 Å². The van der Waals surface area contributed by atoms with E-state index >= 15 is 0 Å². The molecule has 0 saturated carbocycles. The maximum Gasteiger partial charge on any atom is 0.173 e. The lowest BCUT2D eigenvalue weighted by atomic mass is 9.65. The molecule has 2 nitrogen and oxygen atoms in total. The summed E-state index contributed by atoms with van der Waals surface area (Å²) >= 11 is 7.28. The molecule has 4 heterocycles. The van der Waals surface area contributed by atoms with E-state index in [1.54, 1.807) is 6.07 Å². The highest BCUT2D eigenvalue weighted by atomic mass is 35.5. The van der Waals surface area contributed by atoms with E-state index in [2.05, 4.69) is 18.7 Å². The van der Waals surface area contributed by atoms with Gasteiger partial charge in [0.15, 0.2) is 5.78 Å². The Bertz CT molecular complexity index is 768. The van der Waals surface area contributed by atoms with Crippen LogP contribution in [-0.4, -0.2) is 29.3 Å². The Morgan fingerprint density at radius 3 is 2.71 bits per heavy atom. The standard InChI is InChI=1S/C19H21ClFNOS/c1-19(2)13(11-3-5-22(19)6-4-11)9-16(23)18-8-12-7-15(21)14(20)10-17(12)24-18/h7-8,10-11,13H,3-6,9H2,1-2H3/t13-/m1/s1. The number of halogens is 2. The minimum atomic E-state index is -0.431. The topological polar surface area (TPSA) is 20.3 Å². The number of fused-ring (bicyclic) bond motifs is 4. The molecule has 0 aliphatic carbocycles. The lowest BCUT2D eigenvalue weighted by molar-refractivity contribution is -0.0643. The second-order valence-electron chi connectivity index (χ2n) is 7.63. The summed E-state index contributed by atoms with van der Waals surface area (Å²) in [5, 5.41) is 0.875. The zero-order chi connectivity index (χ0) is 17.1. The summed E-state index contributed by atoms with van der Waals surface area (Å²) in [6.45, 7) is 6.86. The van der Waals surface area contributed by atoms with Crippen LogP contribution in [-0.2, 0) is 0 Å². The number of piperidine rings is 3. The summed E-state index contributed by atoms with van der Waals surface area (Å²) in [6, 6.07) is 4.85. The van der Waals surface area contributed by atoms with Gasteiger partial charge in [-0.3, -0.25) is 9.69 Å². The minimum Gasteiger partial charge on any atom is -0.298 e. The zero-order valence-corrected chi connectivity index (χ0v) is 15.5. The highest BCUT2D eigenvalue weighted by Crippen LogP contribution is 2.46. The van der Waals surface area contributed by atoms with Gasteiger partial charge in [0.1, 0.15) is 5.82 Å². The van der Waals surface area contributed by atoms with Gasteiger partial charge >= 0.3 is 0 Å². The molecule has 0 radical (unpaired) electrons. The van der Waals surface area contributed by atoms with Crippen LogP contribution in [0.3, 0.4) is 0 Å². The van der Waals surface area contributed by atoms with Crippen LogP contribution < -0.4 is 0 Å². The van der Waals surface area contributed by atoms with Crippen LogP contribution in [0.25, 0.3) is 10.1 Å². The average Bonchev–Trinajstić information content (AvgIpc) is 2.94. The number of Topliss-reactive ketones (excluding diaryl/α,β-unsaturated/α-hetero) is 1. The largest absolute Gasteiger partial charge is 0.298 e. The number of nitrogens with zero attached hydrogens (tertiary/aromatic N) is 1. The third kappa shape index (κ3) is 2.59. The molecule has 3 aliphatic rings. The molecule has 5 rings (SSSR count). The van der Waals surface area contributed by atoms with E-state index in [0.29, 0.717) is 18.3 Å². The number of ketones is 1.